The summed E-state index contributed by atoms with van der Waals surface area (Å²) in [7, 11) is 1.56. The van der Waals surface area contributed by atoms with Gasteiger partial charge >= 0.3 is 6.03 Å². The van der Waals surface area contributed by atoms with Gasteiger partial charge in [0.2, 0.25) is 17.7 Å². The van der Waals surface area contributed by atoms with Crippen molar-refractivity contribution < 1.29 is 51.3 Å². The summed E-state index contributed by atoms with van der Waals surface area (Å²) in [6.45, 7) is 8.49. The van der Waals surface area contributed by atoms with Crippen molar-refractivity contribution in [1.82, 2.24) is 30.2 Å². The standard InChI is InChI=1S/C57H65ClF4N8O7/c1-31-44-42(27-40(60)48(58)47(44)46-37(52(63)72)14-15-41(49(46)61)76-30-56(2,3)75)77-57(31,35-8-6-5-7-9-35)29-64-36-12-10-34(11-13-36)54(73)69-23-16-32(17-24-69)28-68-21-18-33(19-22-68)45-39(59)26-38-51(50(45)62)67(4)66-53(38)70-25-20-43(71)65-55(70)74/h5-9,14-15,26-27,31-34,36,64,75H,10-13,16-25,28-30H2,1-4H3,(H2,63,72)(H,65,71,74)/t31-,34?,36?,57-/m0/s1. The number of anilines is 1. The molecule has 2 atom stereocenters. The van der Waals surface area contributed by atoms with Gasteiger partial charge in [0.1, 0.15) is 29.5 Å². The molecule has 5 heterocycles. The lowest BCUT2D eigenvalue weighted by atomic mass is 9.77. The van der Waals surface area contributed by atoms with Gasteiger partial charge in [-0.25, -0.2) is 22.4 Å². The smallest absolute Gasteiger partial charge is 0.329 e. The van der Waals surface area contributed by atoms with Crippen LogP contribution >= 0.6 is 11.6 Å². The predicted octanol–water partition coefficient (Wildman–Crippen LogP) is 8.80. The number of aliphatic hydroxyl groups is 1. The number of primary amides is 1. The summed E-state index contributed by atoms with van der Waals surface area (Å²) in [4.78, 5) is 56.8. The SMILES string of the molecule is C[C@H]1c2c(cc(F)c(Cl)c2-c2c(C(N)=O)ccc(OCC(C)(C)O)c2F)O[C@]1(CNC1CCC(C(=O)N2CCC(CN3CCC(c4c(F)cc5c(N6CCC(=O)NC6=O)nn(C)c5c4F)CC3)CC2)CC1)c1ccccc1. The highest BCUT2D eigenvalue weighted by Crippen LogP contribution is 2.57. The van der Waals surface area contributed by atoms with Crippen LogP contribution in [0.4, 0.5) is 28.2 Å². The first-order valence-corrected chi connectivity index (χ1v) is 27.1. The van der Waals surface area contributed by atoms with Crippen LogP contribution in [0.5, 0.6) is 11.5 Å². The molecule has 1 aliphatic carbocycles. The van der Waals surface area contributed by atoms with Gasteiger partial charge < -0.3 is 35.4 Å². The number of urea groups is 1. The summed E-state index contributed by atoms with van der Waals surface area (Å²) in [6, 6.07) is 13.8. The Morgan fingerprint density at radius 1 is 0.909 bits per heavy atom. The number of nitrogens with one attached hydrogen (secondary N) is 2. The molecule has 1 aromatic heterocycles. The Bertz CT molecular complexity index is 3110. The third-order valence-corrected chi connectivity index (χ3v) is 17.0. The topological polar surface area (TPSA) is 185 Å². The monoisotopic (exact) mass is 1080 g/mol. The molecule has 15 nitrogen and oxygen atoms in total. The summed E-state index contributed by atoms with van der Waals surface area (Å²) in [5, 5.41) is 20.4. The number of benzene rings is 4. The number of piperidine rings is 2. The van der Waals surface area contributed by atoms with Crippen molar-refractivity contribution in [2.45, 2.75) is 108 Å². The molecule has 5 N–H and O–H groups in total. The minimum absolute atomic E-state index is 0.0272. The number of aromatic nitrogens is 2. The Kier molecular flexibility index (Phi) is 15.1. The van der Waals surface area contributed by atoms with Crippen LogP contribution in [-0.2, 0) is 22.2 Å². The number of hydrogen-bond donors (Lipinski definition) is 4. The number of rotatable bonds is 14. The molecule has 410 valence electrons. The van der Waals surface area contributed by atoms with Crippen LogP contribution in [0, 0.1) is 35.1 Å². The first-order valence-electron chi connectivity index (χ1n) is 26.7. The highest BCUT2D eigenvalue weighted by Gasteiger charge is 2.50. The Morgan fingerprint density at radius 2 is 1.61 bits per heavy atom. The number of likely N-dealkylation sites (tertiary alicyclic amines) is 2. The lowest BCUT2D eigenvalue weighted by Crippen LogP contribution is -2.49. The largest absolute Gasteiger partial charge is 0.488 e. The fourth-order valence-corrected chi connectivity index (χ4v) is 12.7. The molecule has 20 heteroatoms. The molecule has 5 amide bonds. The summed E-state index contributed by atoms with van der Waals surface area (Å²) in [6.07, 6.45) is 5.80. The minimum atomic E-state index is -1.32. The molecule has 4 aromatic carbocycles. The first kappa shape index (κ1) is 54.1. The molecular weight excluding hydrogens is 1020 g/mol. The van der Waals surface area contributed by atoms with E-state index in [0.29, 0.717) is 63.3 Å². The van der Waals surface area contributed by atoms with Gasteiger partial charge in [-0.3, -0.25) is 29.3 Å². The van der Waals surface area contributed by atoms with Crippen molar-refractivity contribution in [3.05, 3.63) is 105 Å². The van der Waals surface area contributed by atoms with Crippen molar-refractivity contribution in [2.75, 3.05) is 57.3 Å². The number of aryl methyl sites for hydroxylation is 1. The van der Waals surface area contributed by atoms with Crippen molar-refractivity contribution in [3.8, 4) is 22.6 Å². The van der Waals surface area contributed by atoms with Crippen LogP contribution < -0.4 is 30.7 Å². The van der Waals surface area contributed by atoms with Gasteiger partial charge in [0.25, 0.3) is 0 Å². The second kappa shape index (κ2) is 21.5. The van der Waals surface area contributed by atoms with Gasteiger partial charge in [-0.15, -0.1) is 0 Å². The number of nitrogens with two attached hydrogens (primary N) is 1. The average Bonchev–Trinajstić information content (AvgIpc) is 3.97. The van der Waals surface area contributed by atoms with Crippen molar-refractivity contribution in [2.24, 2.45) is 24.6 Å². The maximum absolute atomic E-state index is 16.7. The number of ether oxygens (including phenoxy) is 2. The summed E-state index contributed by atoms with van der Waals surface area (Å²) >= 11 is 6.76. The van der Waals surface area contributed by atoms with Crippen molar-refractivity contribution >= 4 is 52.1 Å². The van der Waals surface area contributed by atoms with E-state index in [0.717, 1.165) is 37.8 Å². The molecule has 4 fully saturated rings. The fourth-order valence-electron chi connectivity index (χ4n) is 12.5. The van der Waals surface area contributed by atoms with Gasteiger partial charge in [0.15, 0.2) is 28.8 Å². The lowest BCUT2D eigenvalue weighted by molar-refractivity contribution is -0.138. The van der Waals surface area contributed by atoms with Gasteiger partial charge in [-0.1, -0.05) is 48.9 Å². The molecule has 0 radical (unpaired) electrons. The van der Waals surface area contributed by atoms with E-state index < -0.39 is 63.3 Å². The molecule has 3 saturated heterocycles. The van der Waals surface area contributed by atoms with E-state index in [9.17, 15) is 24.3 Å². The second-order valence-corrected chi connectivity index (χ2v) is 22.6. The zero-order valence-electron chi connectivity index (χ0n) is 43.7. The van der Waals surface area contributed by atoms with Crippen LogP contribution in [0.15, 0.2) is 54.6 Å². The predicted molar refractivity (Wildman–Crippen MR) is 282 cm³/mol. The Morgan fingerprint density at radius 3 is 2.27 bits per heavy atom. The van der Waals surface area contributed by atoms with E-state index in [1.165, 1.54) is 47.7 Å². The molecule has 4 aliphatic heterocycles. The highest BCUT2D eigenvalue weighted by molar-refractivity contribution is 6.34. The van der Waals surface area contributed by atoms with E-state index >= 15 is 17.6 Å². The van der Waals surface area contributed by atoms with Gasteiger partial charge in [-0.2, -0.15) is 5.10 Å². The maximum atomic E-state index is 16.7. The summed E-state index contributed by atoms with van der Waals surface area (Å²) < 4.78 is 78.6. The van der Waals surface area contributed by atoms with Gasteiger partial charge in [0, 0.05) is 92.4 Å². The molecule has 0 unspecified atom stereocenters. The van der Waals surface area contributed by atoms with E-state index in [1.807, 2.05) is 42.2 Å². The molecular formula is C57H65ClF4N8O7. The second-order valence-electron chi connectivity index (χ2n) is 22.3. The van der Waals surface area contributed by atoms with Gasteiger partial charge in [0.05, 0.1) is 21.6 Å². The van der Waals surface area contributed by atoms with Gasteiger partial charge in [-0.05, 0) is 114 Å². The highest BCUT2D eigenvalue weighted by atomic mass is 35.5. The Hall–Kier alpha value is -6.28. The zero-order chi connectivity index (χ0) is 54.7. The van der Waals surface area contributed by atoms with E-state index in [1.54, 1.807) is 7.05 Å². The lowest BCUT2D eigenvalue weighted by Gasteiger charge is -2.40. The molecule has 5 aromatic rings. The van der Waals surface area contributed by atoms with Crippen LogP contribution in [0.25, 0.3) is 22.0 Å². The average molecular weight is 1090 g/mol. The number of nitrogens with zero attached hydrogens (tertiary/aromatic N) is 5. The third-order valence-electron chi connectivity index (χ3n) is 16.6. The zero-order valence-corrected chi connectivity index (χ0v) is 44.5. The molecule has 1 saturated carbocycles. The molecule has 5 aliphatic rings. The minimum Gasteiger partial charge on any atom is -0.488 e. The molecule has 77 heavy (non-hydrogen) atoms. The molecule has 0 spiro atoms. The Balaban J connectivity index is 0.744. The van der Waals surface area contributed by atoms with Crippen LogP contribution in [0.3, 0.4) is 0 Å². The molecule has 0 bridgehead atoms. The van der Waals surface area contributed by atoms with Crippen molar-refractivity contribution in [3.63, 3.8) is 0 Å². The normalized spacial score (nSPS) is 22.8. The number of amides is 5. The molecule has 10 rings (SSSR count). The summed E-state index contributed by atoms with van der Waals surface area (Å²) in [5.41, 5.74) is 4.01. The van der Waals surface area contributed by atoms with E-state index in [4.69, 9.17) is 26.8 Å². The van der Waals surface area contributed by atoms with Crippen LogP contribution in [0.1, 0.15) is 117 Å². The number of halogens is 5. The fraction of sp³-hybridized carbons (Fsp3) is 0.491. The van der Waals surface area contributed by atoms with Crippen LogP contribution in [-0.4, -0.2) is 113 Å². The number of imide groups is 1. The van der Waals surface area contributed by atoms with Crippen LogP contribution in [0.2, 0.25) is 5.02 Å². The number of carbonyl (C=O) groups is 4. The number of carbonyl (C=O) groups excluding carboxylic acids is 4. The summed E-state index contributed by atoms with van der Waals surface area (Å²) in [5.74, 6) is -5.12. The van der Waals surface area contributed by atoms with E-state index in [2.05, 4.69) is 20.6 Å². The first-order chi connectivity index (χ1) is 36.7. The van der Waals surface area contributed by atoms with Crippen molar-refractivity contribution in [1.29, 1.82) is 0 Å². The number of fused-ring (bicyclic) bond motifs is 2. The third kappa shape index (κ3) is 10.5. The quantitative estimate of drug-likeness (QED) is 0.0784. The maximum Gasteiger partial charge on any atom is 0.329 e. The number of hydrogen-bond acceptors (Lipinski definition) is 10. The van der Waals surface area contributed by atoms with E-state index in [-0.39, 0.29) is 100 Å². The Labute approximate surface area is 449 Å².